The van der Waals surface area contributed by atoms with Gasteiger partial charge in [0.25, 0.3) is 0 Å². The Labute approximate surface area is 105 Å². The first-order valence-electron chi connectivity index (χ1n) is 6.29. The zero-order valence-corrected chi connectivity index (χ0v) is 10.1. The van der Waals surface area contributed by atoms with Crippen LogP contribution >= 0.6 is 0 Å². The molecule has 0 saturated heterocycles. The average Bonchev–Trinajstić information content (AvgIpc) is 3.10. The van der Waals surface area contributed by atoms with Gasteiger partial charge in [-0.1, -0.05) is 0 Å². The molecule has 0 bridgehead atoms. The SMILES string of the molecule is OCCN(Cc1cc2cc(F)ccc2o1)C1CC1. The molecule has 18 heavy (non-hydrogen) atoms. The molecule has 0 aliphatic heterocycles. The second-order valence-corrected chi connectivity index (χ2v) is 4.82. The van der Waals surface area contributed by atoms with Crippen molar-refractivity contribution in [1.82, 2.24) is 4.90 Å². The minimum Gasteiger partial charge on any atom is -0.460 e. The van der Waals surface area contributed by atoms with Crippen molar-refractivity contribution in [1.29, 1.82) is 0 Å². The van der Waals surface area contributed by atoms with Gasteiger partial charge in [0.2, 0.25) is 0 Å². The molecule has 0 atom stereocenters. The molecule has 2 aromatic rings. The largest absolute Gasteiger partial charge is 0.460 e. The molecule has 1 heterocycles. The van der Waals surface area contributed by atoms with Gasteiger partial charge in [0.15, 0.2) is 0 Å². The fourth-order valence-electron chi connectivity index (χ4n) is 2.31. The predicted molar refractivity (Wildman–Crippen MR) is 66.7 cm³/mol. The number of halogens is 1. The van der Waals surface area contributed by atoms with Crippen LogP contribution in [0.2, 0.25) is 0 Å². The van der Waals surface area contributed by atoms with Gasteiger partial charge in [-0.25, -0.2) is 4.39 Å². The van der Waals surface area contributed by atoms with Crippen molar-refractivity contribution in [3.63, 3.8) is 0 Å². The van der Waals surface area contributed by atoms with Crippen LogP contribution in [0.25, 0.3) is 11.0 Å². The second-order valence-electron chi connectivity index (χ2n) is 4.82. The number of hydrogen-bond acceptors (Lipinski definition) is 3. The van der Waals surface area contributed by atoms with Crippen LogP contribution in [0.5, 0.6) is 0 Å². The highest BCUT2D eigenvalue weighted by Crippen LogP contribution is 2.29. The maximum absolute atomic E-state index is 13.1. The molecule has 1 N–H and O–H groups in total. The fourth-order valence-corrected chi connectivity index (χ4v) is 2.31. The molecule has 1 saturated carbocycles. The first-order chi connectivity index (χ1) is 8.76. The van der Waals surface area contributed by atoms with Crippen molar-refractivity contribution in [3.8, 4) is 0 Å². The number of hydrogen-bond donors (Lipinski definition) is 1. The number of nitrogens with zero attached hydrogens (tertiary/aromatic N) is 1. The van der Waals surface area contributed by atoms with Gasteiger partial charge >= 0.3 is 0 Å². The number of aliphatic hydroxyl groups is 1. The number of fused-ring (bicyclic) bond motifs is 1. The van der Waals surface area contributed by atoms with Gasteiger partial charge < -0.3 is 9.52 Å². The second kappa shape index (κ2) is 4.71. The minimum absolute atomic E-state index is 0.158. The summed E-state index contributed by atoms with van der Waals surface area (Å²) in [6.45, 7) is 1.50. The minimum atomic E-state index is -0.246. The van der Waals surface area contributed by atoms with Crippen LogP contribution in [0.1, 0.15) is 18.6 Å². The van der Waals surface area contributed by atoms with E-state index >= 15 is 0 Å². The first-order valence-corrected chi connectivity index (χ1v) is 6.29. The summed E-state index contributed by atoms with van der Waals surface area (Å²) in [5.41, 5.74) is 0.714. The van der Waals surface area contributed by atoms with E-state index in [0.29, 0.717) is 24.7 Å². The Hall–Kier alpha value is -1.39. The number of rotatable bonds is 5. The van der Waals surface area contributed by atoms with E-state index in [-0.39, 0.29) is 12.4 Å². The molecule has 96 valence electrons. The van der Waals surface area contributed by atoms with E-state index in [9.17, 15) is 4.39 Å². The van der Waals surface area contributed by atoms with Crippen molar-refractivity contribution >= 4 is 11.0 Å². The smallest absolute Gasteiger partial charge is 0.134 e. The van der Waals surface area contributed by atoms with Crippen molar-refractivity contribution < 1.29 is 13.9 Å². The molecule has 3 rings (SSSR count). The van der Waals surface area contributed by atoms with Crippen LogP contribution in [0.3, 0.4) is 0 Å². The van der Waals surface area contributed by atoms with Crippen LogP contribution in [-0.4, -0.2) is 29.2 Å². The zero-order valence-electron chi connectivity index (χ0n) is 10.1. The Kier molecular flexibility index (Phi) is 3.06. The summed E-state index contributed by atoms with van der Waals surface area (Å²) in [7, 11) is 0. The third-order valence-corrected chi connectivity index (χ3v) is 3.34. The van der Waals surface area contributed by atoms with Gasteiger partial charge in [-0.05, 0) is 37.1 Å². The van der Waals surface area contributed by atoms with Crippen LogP contribution < -0.4 is 0 Å². The Morgan fingerprint density at radius 1 is 1.33 bits per heavy atom. The maximum atomic E-state index is 13.1. The fraction of sp³-hybridized carbons (Fsp3) is 0.429. The van der Waals surface area contributed by atoms with Gasteiger partial charge in [-0.2, -0.15) is 0 Å². The molecule has 0 unspecified atom stereocenters. The lowest BCUT2D eigenvalue weighted by Crippen LogP contribution is -2.28. The molecular weight excluding hydrogens is 233 g/mol. The van der Waals surface area contributed by atoms with E-state index in [1.165, 1.54) is 25.0 Å². The van der Waals surface area contributed by atoms with Crippen molar-refractivity contribution in [2.75, 3.05) is 13.2 Å². The summed E-state index contributed by atoms with van der Waals surface area (Å²) in [5, 5.41) is 9.84. The van der Waals surface area contributed by atoms with E-state index in [4.69, 9.17) is 9.52 Å². The standard InChI is InChI=1S/C14H16FNO2/c15-11-1-4-14-10(7-11)8-13(18-14)9-16(5-6-17)12-2-3-12/h1,4,7-8,12,17H,2-3,5-6,9H2. The third-order valence-electron chi connectivity index (χ3n) is 3.34. The van der Waals surface area contributed by atoms with Crippen molar-refractivity contribution in [2.45, 2.75) is 25.4 Å². The first kappa shape index (κ1) is 11.7. The lowest BCUT2D eigenvalue weighted by molar-refractivity contribution is 0.175. The molecular formula is C14H16FNO2. The van der Waals surface area contributed by atoms with E-state index in [1.807, 2.05) is 6.07 Å². The van der Waals surface area contributed by atoms with E-state index in [1.54, 1.807) is 6.07 Å². The summed E-state index contributed by atoms with van der Waals surface area (Å²) in [4.78, 5) is 2.22. The van der Waals surface area contributed by atoms with Gasteiger partial charge in [0.1, 0.15) is 17.2 Å². The molecule has 1 aromatic carbocycles. The summed E-state index contributed by atoms with van der Waals surface area (Å²) >= 11 is 0. The highest BCUT2D eigenvalue weighted by Gasteiger charge is 2.29. The van der Waals surface area contributed by atoms with E-state index < -0.39 is 0 Å². The van der Waals surface area contributed by atoms with Gasteiger partial charge in [0.05, 0.1) is 13.2 Å². The maximum Gasteiger partial charge on any atom is 0.134 e. The van der Waals surface area contributed by atoms with Crippen molar-refractivity contribution in [2.24, 2.45) is 0 Å². The quantitative estimate of drug-likeness (QED) is 0.884. The lowest BCUT2D eigenvalue weighted by atomic mass is 10.2. The number of furan rings is 1. The highest BCUT2D eigenvalue weighted by atomic mass is 19.1. The van der Waals surface area contributed by atoms with Gasteiger partial charge in [-0.15, -0.1) is 0 Å². The predicted octanol–water partition coefficient (Wildman–Crippen LogP) is 2.53. The molecule has 1 aromatic heterocycles. The monoisotopic (exact) mass is 249 g/mol. The Balaban J connectivity index is 1.80. The number of benzene rings is 1. The van der Waals surface area contributed by atoms with Crippen molar-refractivity contribution in [3.05, 3.63) is 35.8 Å². The van der Waals surface area contributed by atoms with Crippen LogP contribution in [-0.2, 0) is 6.54 Å². The average molecular weight is 249 g/mol. The van der Waals surface area contributed by atoms with Gasteiger partial charge in [0, 0.05) is 18.0 Å². The van der Waals surface area contributed by atoms with Crippen LogP contribution in [0.4, 0.5) is 4.39 Å². The summed E-state index contributed by atoms with van der Waals surface area (Å²) in [6, 6.07) is 6.99. The molecule has 1 fully saturated rings. The van der Waals surface area contributed by atoms with E-state index in [0.717, 1.165) is 11.1 Å². The molecule has 0 spiro atoms. The van der Waals surface area contributed by atoms with Crippen LogP contribution in [0.15, 0.2) is 28.7 Å². The normalized spacial score (nSPS) is 15.7. The molecule has 1 aliphatic rings. The summed E-state index contributed by atoms with van der Waals surface area (Å²) < 4.78 is 18.8. The highest BCUT2D eigenvalue weighted by molar-refractivity contribution is 5.77. The molecule has 4 heteroatoms. The Bertz CT molecular complexity index is 548. The summed E-state index contributed by atoms with van der Waals surface area (Å²) in [6.07, 6.45) is 2.38. The van der Waals surface area contributed by atoms with Gasteiger partial charge in [-0.3, -0.25) is 4.90 Å². The lowest BCUT2D eigenvalue weighted by Gasteiger charge is -2.18. The third kappa shape index (κ3) is 2.40. The number of aliphatic hydroxyl groups excluding tert-OH is 1. The molecule has 3 nitrogen and oxygen atoms in total. The zero-order chi connectivity index (χ0) is 12.5. The molecule has 1 aliphatic carbocycles. The van der Waals surface area contributed by atoms with E-state index in [2.05, 4.69) is 4.90 Å². The summed E-state index contributed by atoms with van der Waals surface area (Å²) in [5.74, 6) is 0.584. The Morgan fingerprint density at radius 3 is 2.89 bits per heavy atom. The molecule has 0 amide bonds. The topological polar surface area (TPSA) is 36.6 Å². The Morgan fingerprint density at radius 2 is 2.17 bits per heavy atom. The molecule has 0 radical (unpaired) electrons. The van der Waals surface area contributed by atoms with Crippen LogP contribution in [0, 0.1) is 5.82 Å².